The van der Waals surface area contributed by atoms with Gasteiger partial charge in [0.1, 0.15) is 0 Å². The molecule has 0 spiro atoms. The Hall–Kier alpha value is -1.34. The molecule has 117 valence electrons. The van der Waals surface area contributed by atoms with Crippen molar-refractivity contribution in [3.8, 4) is 0 Å². The maximum absolute atomic E-state index is 12.6. The summed E-state index contributed by atoms with van der Waals surface area (Å²) in [5, 5.41) is 26.5. The van der Waals surface area contributed by atoms with Gasteiger partial charge in [-0.1, -0.05) is 28.4 Å². The summed E-state index contributed by atoms with van der Waals surface area (Å²) in [6.07, 6.45) is 0. The van der Waals surface area contributed by atoms with E-state index in [2.05, 4.69) is 9.98 Å². The molecule has 1 aromatic rings. The van der Waals surface area contributed by atoms with E-state index in [1.165, 1.54) is 0 Å². The van der Waals surface area contributed by atoms with Crippen molar-refractivity contribution < 1.29 is 10.4 Å². The molecule has 0 aromatic heterocycles. The topological polar surface area (TPSA) is 71.3 Å². The highest BCUT2D eigenvalue weighted by atomic mass is 35.5. The van der Waals surface area contributed by atoms with Crippen LogP contribution in [0.15, 0.2) is 33.8 Å². The van der Waals surface area contributed by atoms with Crippen LogP contribution in [0.1, 0.15) is 27.7 Å². The molecule has 1 saturated heterocycles. The van der Waals surface area contributed by atoms with Gasteiger partial charge in [0.05, 0.1) is 31.8 Å². The van der Waals surface area contributed by atoms with Crippen LogP contribution < -0.4 is 10.7 Å². The van der Waals surface area contributed by atoms with Gasteiger partial charge in [-0.05, 0) is 39.8 Å². The first-order chi connectivity index (χ1) is 10.1. The molecule has 2 heterocycles. The van der Waals surface area contributed by atoms with Crippen molar-refractivity contribution in [1.82, 2.24) is 10.1 Å². The van der Waals surface area contributed by atoms with Crippen LogP contribution in [-0.4, -0.2) is 26.4 Å². The summed E-state index contributed by atoms with van der Waals surface area (Å²) in [6.45, 7) is 7.07. The Morgan fingerprint density at radius 3 is 1.82 bits per heavy atom. The minimum absolute atomic E-state index is 0.0124. The second kappa shape index (κ2) is 4.58. The molecule has 0 amide bonds. The van der Waals surface area contributed by atoms with E-state index in [1.54, 1.807) is 39.8 Å². The molecule has 3 rings (SSSR count). The number of benzene rings is 1. The standard InChI is InChI=1S/C14H15Cl2N4O2/c1-13(2)14(3,4)20(22)12(19(13)21)11-17-9-5-7(15)8(16)6-10(9)18-11/h5-6,21H,1-4H3. The van der Waals surface area contributed by atoms with Gasteiger partial charge in [0.25, 0.3) is 0 Å². The molecule has 0 aliphatic carbocycles. The van der Waals surface area contributed by atoms with Crippen molar-refractivity contribution >= 4 is 23.2 Å². The fraction of sp³-hybridized carbons (Fsp3) is 0.429. The lowest BCUT2D eigenvalue weighted by molar-refractivity contribution is -0.182. The molecule has 2 aliphatic heterocycles. The number of fused-ring (bicyclic) bond motifs is 1. The van der Waals surface area contributed by atoms with Gasteiger partial charge in [-0.25, -0.2) is 15.0 Å². The van der Waals surface area contributed by atoms with E-state index < -0.39 is 11.1 Å². The fourth-order valence-corrected chi connectivity index (χ4v) is 2.68. The number of nitrogens with zero attached hydrogens (tertiary/aromatic N) is 4. The zero-order valence-electron chi connectivity index (χ0n) is 12.6. The Bertz CT molecular complexity index is 752. The van der Waals surface area contributed by atoms with E-state index in [9.17, 15) is 10.4 Å². The molecule has 1 N–H and O–H groups in total. The van der Waals surface area contributed by atoms with E-state index in [0.717, 1.165) is 10.1 Å². The van der Waals surface area contributed by atoms with Gasteiger partial charge in [-0.2, -0.15) is 5.06 Å². The predicted molar refractivity (Wildman–Crippen MR) is 80.1 cm³/mol. The van der Waals surface area contributed by atoms with Gasteiger partial charge in [0.15, 0.2) is 5.82 Å². The molecule has 0 atom stereocenters. The molecule has 6 nitrogen and oxygen atoms in total. The molecule has 1 aromatic carbocycles. The summed E-state index contributed by atoms with van der Waals surface area (Å²) in [5.74, 6) is 0.155. The van der Waals surface area contributed by atoms with Crippen LogP contribution in [0.4, 0.5) is 0 Å². The third kappa shape index (κ3) is 1.88. The van der Waals surface area contributed by atoms with Crippen molar-refractivity contribution in [3.63, 3.8) is 0 Å². The summed E-state index contributed by atoms with van der Waals surface area (Å²) >= 11 is 11.9. The summed E-state index contributed by atoms with van der Waals surface area (Å²) in [4.78, 5) is 8.59. The van der Waals surface area contributed by atoms with Crippen LogP contribution in [-0.2, 0) is 5.21 Å². The van der Waals surface area contributed by atoms with Crippen LogP contribution >= 0.6 is 23.2 Å². The smallest absolute Gasteiger partial charge is 0.202 e. The molecular weight excluding hydrogens is 327 g/mol. The minimum atomic E-state index is -0.848. The van der Waals surface area contributed by atoms with E-state index in [1.807, 2.05) is 0 Å². The largest absolute Gasteiger partial charge is 0.286 e. The van der Waals surface area contributed by atoms with Crippen LogP contribution in [0.25, 0.3) is 0 Å². The normalized spacial score (nSPS) is 21.8. The maximum atomic E-state index is 12.6. The first kappa shape index (κ1) is 15.6. The van der Waals surface area contributed by atoms with Gasteiger partial charge in [0, 0.05) is 0 Å². The second-order valence-electron chi connectivity index (χ2n) is 6.35. The first-order valence-electron chi connectivity index (χ1n) is 6.70. The monoisotopic (exact) mass is 341 g/mol. The predicted octanol–water partition coefficient (Wildman–Crippen LogP) is 2.28. The first-order valence-corrected chi connectivity index (χ1v) is 7.46. The van der Waals surface area contributed by atoms with Gasteiger partial charge in [-0.3, -0.25) is 5.21 Å². The highest BCUT2D eigenvalue weighted by Crippen LogP contribution is 2.44. The number of hydrogen-bond acceptors (Lipinski definition) is 5. The number of hydrogen-bond donors (Lipinski definition) is 1. The van der Waals surface area contributed by atoms with Crippen LogP contribution in [0, 0.1) is 0 Å². The quantitative estimate of drug-likeness (QED) is 0.786. The molecule has 1 fully saturated rings. The van der Waals surface area contributed by atoms with Gasteiger partial charge in [-0.15, -0.1) is 0 Å². The average Bonchev–Trinajstić information content (AvgIpc) is 2.85. The van der Waals surface area contributed by atoms with E-state index >= 15 is 0 Å². The summed E-state index contributed by atoms with van der Waals surface area (Å²) < 4.78 is 0. The lowest BCUT2D eigenvalue weighted by Crippen LogP contribution is -2.52. The molecule has 22 heavy (non-hydrogen) atoms. The molecule has 8 heteroatoms. The van der Waals surface area contributed by atoms with Crippen LogP contribution in [0.2, 0.25) is 10.0 Å². The van der Waals surface area contributed by atoms with Crippen LogP contribution in [0.3, 0.4) is 0 Å². The summed E-state index contributed by atoms with van der Waals surface area (Å²) in [7, 11) is 0. The van der Waals surface area contributed by atoms with E-state index in [4.69, 9.17) is 23.2 Å². The Morgan fingerprint density at radius 2 is 1.45 bits per heavy atom. The molecule has 0 saturated carbocycles. The molecule has 0 unspecified atom stereocenters. The fourth-order valence-electron chi connectivity index (χ4n) is 2.37. The highest BCUT2D eigenvalue weighted by Gasteiger charge is 2.57. The Balaban J connectivity index is 2.23. The summed E-state index contributed by atoms with van der Waals surface area (Å²) in [6, 6.07) is 3.16. The maximum Gasteiger partial charge on any atom is 0.202 e. The van der Waals surface area contributed by atoms with Crippen molar-refractivity contribution in [2.45, 2.75) is 38.8 Å². The lowest BCUT2D eigenvalue weighted by Gasteiger charge is -2.36. The SMILES string of the molecule is CC1(C)N([O])C(=C2N=c3cc(Cl)c(Cl)cc3=N2)N(O)C1(C)C. The van der Waals surface area contributed by atoms with Gasteiger partial charge in [0.2, 0.25) is 5.82 Å². The molecular formula is C14H15Cl2N4O2. The second-order valence-corrected chi connectivity index (χ2v) is 7.16. The Labute approximate surface area is 137 Å². The number of hydroxylamine groups is 4. The third-order valence-corrected chi connectivity index (χ3v) is 5.32. The lowest BCUT2D eigenvalue weighted by atomic mass is 9.84. The van der Waals surface area contributed by atoms with E-state index in [0.29, 0.717) is 20.8 Å². The van der Waals surface area contributed by atoms with Crippen molar-refractivity contribution in [2.24, 2.45) is 9.98 Å². The highest BCUT2D eigenvalue weighted by molar-refractivity contribution is 6.41. The number of halogens is 2. The zero-order chi connectivity index (χ0) is 16.4. The molecule has 2 aliphatic rings. The summed E-state index contributed by atoms with van der Waals surface area (Å²) in [5.41, 5.74) is -1.65. The Morgan fingerprint density at radius 1 is 1.00 bits per heavy atom. The Kier molecular flexibility index (Phi) is 3.24. The zero-order valence-corrected chi connectivity index (χ0v) is 14.1. The average molecular weight is 342 g/mol. The minimum Gasteiger partial charge on any atom is -0.286 e. The molecule has 1 radical (unpaired) electrons. The van der Waals surface area contributed by atoms with Crippen molar-refractivity contribution in [1.29, 1.82) is 0 Å². The van der Waals surface area contributed by atoms with E-state index in [-0.39, 0.29) is 11.6 Å². The molecule has 0 bridgehead atoms. The van der Waals surface area contributed by atoms with Crippen molar-refractivity contribution in [3.05, 3.63) is 44.5 Å². The number of rotatable bonds is 0. The third-order valence-electron chi connectivity index (χ3n) is 4.60. The van der Waals surface area contributed by atoms with Gasteiger partial charge < -0.3 is 0 Å². The van der Waals surface area contributed by atoms with Gasteiger partial charge >= 0.3 is 0 Å². The van der Waals surface area contributed by atoms with Crippen molar-refractivity contribution in [2.75, 3.05) is 0 Å². The van der Waals surface area contributed by atoms with Crippen LogP contribution in [0.5, 0.6) is 0 Å².